The van der Waals surface area contributed by atoms with Crippen LogP contribution >= 0.6 is 0 Å². The van der Waals surface area contributed by atoms with Gasteiger partial charge in [0.25, 0.3) is 0 Å². The summed E-state index contributed by atoms with van der Waals surface area (Å²) in [6.45, 7) is 1.80. The number of aromatic carboxylic acids is 1. The number of halogens is 1. The largest absolute Gasteiger partial charge is 0.494 e. The number of anilines is 1. The van der Waals surface area contributed by atoms with Crippen LogP contribution in [0.4, 0.5) is 10.2 Å². The van der Waals surface area contributed by atoms with E-state index >= 15 is 0 Å². The Labute approximate surface area is 154 Å². The van der Waals surface area contributed by atoms with E-state index in [1.54, 1.807) is 4.90 Å². The Bertz CT molecular complexity index is 852. The maximum Gasteiger partial charge on any atom is 0.343 e. The molecule has 1 amide bonds. The average Bonchev–Trinajstić information content (AvgIpc) is 3.25. The van der Waals surface area contributed by atoms with Gasteiger partial charge in [0.1, 0.15) is 0 Å². The lowest BCUT2D eigenvalue weighted by Gasteiger charge is -2.15. The molecule has 2 N–H and O–H groups in total. The number of nitrogens with one attached hydrogen (secondary N) is 1. The number of hydrogen-bond acceptors (Lipinski definition) is 6. The molecular weight excluding hydrogens is 357 g/mol. The molecule has 0 unspecified atom stereocenters. The molecule has 1 aromatic carbocycles. The highest BCUT2D eigenvalue weighted by Gasteiger charge is 2.25. The molecule has 3 rings (SSSR count). The van der Waals surface area contributed by atoms with Gasteiger partial charge in [0.15, 0.2) is 28.7 Å². The minimum absolute atomic E-state index is 0.0121. The topological polar surface area (TPSA) is 105 Å². The lowest BCUT2D eigenvalue weighted by molar-refractivity contribution is -0.127. The molecule has 0 radical (unpaired) electrons. The SMILES string of the molecule is COc1cc(-c2onc(NCCCN3CCCC3=O)c2C(=O)O)ccc1F. The summed E-state index contributed by atoms with van der Waals surface area (Å²) < 4.78 is 23.7. The molecule has 1 aliphatic rings. The van der Waals surface area contributed by atoms with E-state index in [4.69, 9.17) is 9.26 Å². The normalized spacial score (nSPS) is 13.9. The zero-order chi connectivity index (χ0) is 19.4. The van der Waals surface area contributed by atoms with Gasteiger partial charge in [0, 0.05) is 31.6 Å². The molecule has 0 saturated carbocycles. The summed E-state index contributed by atoms with van der Waals surface area (Å²) in [5, 5.41) is 16.3. The fourth-order valence-corrected chi connectivity index (χ4v) is 3.02. The van der Waals surface area contributed by atoms with Gasteiger partial charge < -0.3 is 24.6 Å². The zero-order valence-electron chi connectivity index (χ0n) is 14.8. The summed E-state index contributed by atoms with van der Waals surface area (Å²) in [6, 6.07) is 3.92. The number of carboxylic acids is 1. The van der Waals surface area contributed by atoms with Crippen LogP contribution in [0.25, 0.3) is 11.3 Å². The van der Waals surface area contributed by atoms with Gasteiger partial charge in [-0.1, -0.05) is 5.16 Å². The fraction of sp³-hybridized carbons (Fsp3) is 0.389. The number of rotatable bonds is 8. The van der Waals surface area contributed by atoms with Crippen molar-refractivity contribution in [2.24, 2.45) is 0 Å². The second-order valence-corrected chi connectivity index (χ2v) is 6.15. The number of methoxy groups -OCH3 is 1. The summed E-state index contributed by atoms with van der Waals surface area (Å²) in [6.07, 6.45) is 2.12. The Morgan fingerprint density at radius 3 is 2.96 bits per heavy atom. The van der Waals surface area contributed by atoms with Gasteiger partial charge in [-0.05, 0) is 31.0 Å². The average molecular weight is 377 g/mol. The lowest BCUT2D eigenvalue weighted by atomic mass is 10.1. The van der Waals surface area contributed by atoms with Crippen LogP contribution in [0.3, 0.4) is 0 Å². The third kappa shape index (κ3) is 4.02. The Balaban J connectivity index is 1.71. The molecule has 0 bridgehead atoms. The number of aromatic nitrogens is 1. The Morgan fingerprint density at radius 1 is 1.48 bits per heavy atom. The second kappa shape index (κ2) is 8.07. The summed E-state index contributed by atoms with van der Waals surface area (Å²) in [5.74, 6) is -1.55. The number of amides is 1. The van der Waals surface area contributed by atoms with Crippen molar-refractivity contribution in [3.63, 3.8) is 0 Å². The van der Waals surface area contributed by atoms with Crippen LogP contribution in [0, 0.1) is 5.82 Å². The van der Waals surface area contributed by atoms with Crippen molar-refractivity contribution in [2.75, 3.05) is 32.1 Å². The van der Waals surface area contributed by atoms with Crippen molar-refractivity contribution in [1.29, 1.82) is 0 Å². The standard InChI is InChI=1S/C18H20FN3O5/c1-26-13-10-11(5-6-12(13)19)16-15(18(24)25)17(21-27-16)20-7-3-9-22-8-2-4-14(22)23/h5-6,10H,2-4,7-9H2,1H3,(H,20,21)(H,24,25). The number of hydrogen-bond donors (Lipinski definition) is 2. The predicted molar refractivity (Wildman–Crippen MR) is 94.3 cm³/mol. The van der Waals surface area contributed by atoms with Crippen molar-refractivity contribution in [1.82, 2.24) is 10.1 Å². The van der Waals surface area contributed by atoms with Crippen molar-refractivity contribution in [3.8, 4) is 17.1 Å². The predicted octanol–water partition coefficient (Wildman–Crippen LogP) is 2.61. The minimum atomic E-state index is -1.22. The fourth-order valence-electron chi connectivity index (χ4n) is 3.02. The molecule has 0 spiro atoms. The summed E-state index contributed by atoms with van der Waals surface area (Å²) >= 11 is 0. The number of likely N-dealkylation sites (tertiary alicyclic amines) is 1. The lowest BCUT2D eigenvalue weighted by Crippen LogP contribution is -2.27. The number of carboxylic acid groups (broad SMARTS) is 1. The molecule has 0 aliphatic carbocycles. The molecule has 0 atom stereocenters. The van der Waals surface area contributed by atoms with Gasteiger partial charge in [0.05, 0.1) is 7.11 Å². The molecule has 9 heteroatoms. The van der Waals surface area contributed by atoms with Crippen molar-refractivity contribution < 1.29 is 28.3 Å². The molecule has 8 nitrogen and oxygen atoms in total. The van der Waals surface area contributed by atoms with Crippen molar-refractivity contribution >= 4 is 17.7 Å². The van der Waals surface area contributed by atoms with Crippen LogP contribution in [0.5, 0.6) is 5.75 Å². The van der Waals surface area contributed by atoms with E-state index in [-0.39, 0.29) is 28.8 Å². The van der Waals surface area contributed by atoms with E-state index in [0.29, 0.717) is 31.5 Å². The molecule has 1 aromatic heterocycles. The van der Waals surface area contributed by atoms with Crippen LogP contribution in [-0.4, -0.2) is 53.8 Å². The highest BCUT2D eigenvalue weighted by atomic mass is 19.1. The Hall–Kier alpha value is -3.10. The second-order valence-electron chi connectivity index (χ2n) is 6.15. The highest BCUT2D eigenvalue weighted by Crippen LogP contribution is 2.32. The van der Waals surface area contributed by atoms with Gasteiger partial charge in [-0.15, -0.1) is 0 Å². The van der Waals surface area contributed by atoms with E-state index in [0.717, 1.165) is 13.0 Å². The Kier molecular flexibility index (Phi) is 5.58. The van der Waals surface area contributed by atoms with Crippen LogP contribution in [0.15, 0.2) is 22.7 Å². The van der Waals surface area contributed by atoms with Gasteiger partial charge >= 0.3 is 5.97 Å². The van der Waals surface area contributed by atoms with Gasteiger partial charge in [-0.2, -0.15) is 0 Å². The zero-order valence-corrected chi connectivity index (χ0v) is 14.8. The number of carbonyl (C=O) groups is 2. The van der Waals surface area contributed by atoms with E-state index in [1.165, 1.54) is 25.3 Å². The first-order valence-corrected chi connectivity index (χ1v) is 8.59. The maximum atomic E-state index is 13.6. The van der Waals surface area contributed by atoms with E-state index in [2.05, 4.69) is 10.5 Å². The van der Waals surface area contributed by atoms with E-state index in [9.17, 15) is 19.1 Å². The number of carbonyl (C=O) groups excluding carboxylic acids is 1. The molecule has 144 valence electrons. The van der Waals surface area contributed by atoms with Gasteiger partial charge in [-0.3, -0.25) is 4.79 Å². The Morgan fingerprint density at radius 2 is 2.30 bits per heavy atom. The smallest absolute Gasteiger partial charge is 0.343 e. The summed E-state index contributed by atoms with van der Waals surface area (Å²) in [7, 11) is 1.32. The molecule has 1 fully saturated rings. The first-order chi connectivity index (χ1) is 13.0. The third-order valence-electron chi connectivity index (χ3n) is 4.39. The maximum absolute atomic E-state index is 13.6. The first kappa shape index (κ1) is 18.7. The molecular formula is C18H20FN3O5. The van der Waals surface area contributed by atoms with Crippen LogP contribution in [-0.2, 0) is 4.79 Å². The van der Waals surface area contributed by atoms with Crippen LogP contribution < -0.4 is 10.1 Å². The monoisotopic (exact) mass is 377 g/mol. The van der Waals surface area contributed by atoms with Crippen molar-refractivity contribution in [2.45, 2.75) is 19.3 Å². The molecule has 1 aliphatic heterocycles. The van der Waals surface area contributed by atoms with Crippen LogP contribution in [0.1, 0.15) is 29.6 Å². The first-order valence-electron chi connectivity index (χ1n) is 8.59. The highest BCUT2D eigenvalue weighted by molar-refractivity contribution is 5.99. The summed E-state index contributed by atoms with van der Waals surface area (Å²) in [4.78, 5) is 25.1. The number of benzene rings is 1. The third-order valence-corrected chi connectivity index (χ3v) is 4.39. The van der Waals surface area contributed by atoms with Crippen molar-refractivity contribution in [3.05, 3.63) is 29.6 Å². The van der Waals surface area contributed by atoms with E-state index in [1.807, 2.05) is 0 Å². The van der Waals surface area contributed by atoms with Gasteiger partial charge in [0.2, 0.25) is 5.91 Å². The van der Waals surface area contributed by atoms with E-state index < -0.39 is 11.8 Å². The molecule has 27 heavy (non-hydrogen) atoms. The van der Waals surface area contributed by atoms with Gasteiger partial charge in [-0.25, -0.2) is 9.18 Å². The molecule has 2 heterocycles. The molecule has 1 saturated heterocycles. The molecule has 2 aromatic rings. The number of ether oxygens (including phenoxy) is 1. The minimum Gasteiger partial charge on any atom is -0.494 e. The quantitative estimate of drug-likeness (QED) is 0.681. The summed E-state index contributed by atoms with van der Waals surface area (Å²) in [5.41, 5.74) is 0.203. The number of nitrogens with zero attached hydrogens (tertiary/aromatic N) is 2. The van der Waals surface area contributed by atoms with Crippen LogP contribution in [0.2, 0.25) is 0 Å².